The van der Waals surface area contributed by atoms with Crippen LogP contribution in [0.2, 0.25) is 0 Å². The second kappa shape index (κ2) is 6.38. The molecule has 2 rings (SSSR count). The number of nitrogens with two attached hydrogens (primary N) is 1. The van der Waals surface area contributed by atoms with Gasteiger partial charge in [0.05, 0.1) is 23.6 Å². The van der Waals surface area contributed by atoms with Gasteiger partial charge in [-0.25, -0.2) is 4.79 Å². The summed E-state index contributed by atoms with van der Waals surface area (Å²) in [6.45, 7) is 1.57. The number of amides is 1. The van der Waals surface area contributed by atoms with Gasteiger partial charge in [0.2, 0.25) is 5.91 Å². The van der Waals surface area contributed by atoms with Crippen LogP contribution in [0.4, 0.5) is 0 Å². The molecule has 0 bridgehead atoms. The number of carboxylic acids is 1. The lowest BCUT2D eigenvalue weighted by molar-refractivity contribution is -0.147. The van der Waals surface area contributed by atoms with E-state index in [9.17, 15) is 24.6 Å². The highest BCUT2D eigenvalue weighted by Gasteiger charge is 2.64. The van der Waals surface area contributed by atoms with Crippen LogP contribution >= 0.6 is 0 Å². The van der Waals surface area contributed by atoms with E-state index in [0.29, 0.717) is 6.42 Å². The smallest absolute Gasteiger partial charge is 0.332 e. The second-order valence-corrected chi connectivity index (χ2v) is 6.38. The van der Waals surface area contributed by atoms with Crippen LogP contribution < -0.4 is 11.1 Å². The van der Waals surface area contributed by atoms with Gasteiger partial charge in [0.25, 0.3) is 0 Å². The summed E-state index contributed by atoms with van der Waals surface area (Å²) in [5.74, 6) is -2.17. The van der Waals surface area contributed by atoms with Gasteiger partial charge in [0.15, 0.2) is 11.9 Å². The van der Waals surface area contributed by atoms with Crippen molar-refractivity contribution in [2.24, 2.45) is 17.1 Å². The molecule has 1 saturated carbocycles. The quantitative estimate of drug-likeness (QED) is 0.384. The first-order chi connectivity index (χ1) is 10.7. The van der Waals surface area contributed by atoms with Crippen LogP contribution in [0.5, 0.6) is 0 Å². The summed E-state index contributed by atoms with van der Waals surface area (Å²) in [4.78, 5) is 34.6. The van der Waals surface area contributed by atoms with Gasteiger partial charge in [0.1, 0.15) is 0 Å². The molecule has 1 amide bonds. The molecule has 23 heavy (non-hydrogen) atoms. The molecule has 128 valence electrons. The molecule has 0 saturated heterocycles. The summed E-state index contributed by atoms with van der Waals surface area (Å²) in [6, 6.07) is -1.93. The molecule has 2 aliphatic carbocycles. The largest absolute Gasteiger partial charge is 0.479 e. The average molecular weight is 326 g/mol. The number of carbonyl (C=O) groups is 3. The van der Waals surface area contributed by atoms with Crippen LogP contribution in [0.1, 0.15) is 26.2 Å². The summed E-state index contributed by atoms with van der Waals surface area (Å²) in [5.41, 5.74) is 4.73. The van der Waals surface area contributed by atoms with Crippen LogP contribution in [0.3, 0.4) is 0 Å². The highest BCUT2D eigenvalue weighted by Crippen LogP contribution is 2.60. The molecule has 0 aliphatic heterocycles. The maximum atomic E-state index is 12.1. The number of aliphatic hydroxyl groups is 2. The number of aliphatic hydroxyl groups excluding tert-OH is 2. The summed E-state index contributed by atoms with van der Waals surface area (Å²) in [7, 11) is 0. The highest BCUT2D eigenvalue weighted by atomic mass is 16.4. The highest BCUT2D eigenvalue weighted by molar-refractivity contribution is 5.99. The monoisotopic (exact) mass is 326 g/mol. The van der Waals surface area contributed by atoms with Gasteiger partial charge < -0.3 is 26.4 Å². The molecule has 0 aromatic carbocycles. The van der Waals surface area contributed by atoms with E-state index in [1.807, 2.05) is 0 Å². The Morgan fingerprint density at radius 1 is 1.48 bits per heavy atom. The number of ketones is 1. The molecular weight excluding hydrogens is 304 g/mol. The van der Waals surface area contributed by atoms with Crippen LogP contribution in [0.15, 0.2) is 12.2 Å². The molecule has 0 unspecified atom stereocenters. The van der Waals surface area contributed by atoms with E-state index in [1.54, 1.807) is 13.0 Å². The Morgan fingerprint density at radius 3 is 2.70 bits per heavy atom. The van der Waals surface area contributed by atoms with Gasteiger partial charge in [-0.05, 0) is 31.8 Å². The number of allylic oxidation sites excluding steroid dienone is 2. The van der Waals surface area contributed by atoms with Crippen molar-refractivity contribution in [2.45, 2.75) is 50.5 Å². The Morgan fingerprint density at radius 2 is 2.13 bits per heavy atom. The topological polar surface area (TPSA) is 150 Å². The summed E-state index contributed by atoms with van der Waals surface area (Å²) < 4.78 is 0. The molecular formula is C15H22N2O6. The number of aliphatic carboxylic acids is 1. The summed E-state index contributed by atoms with van der Waals surface area (Å²) in [6.07, 6.45) is 1.38. The fraction of sp³-hybridized carbons (Fsp3) is 0.667. The zero-order valence-corrected chi connectivity index (χ0v) is 12.8. The second-order valence-electron chi connectivity index (χ2n) is 6.38. The lowest BCUT2D eigenvalue weighted by atomic mass is 9.83. The van der Waals surface area contributed by atoms with Gasteiger partial charge >= 0.3 is 5.97 Å². The number of nitrogens with one attached hydrogen (secondary N) is 1. The molecule has 8 heteroatoms. The first kappa shape index (κ1) is 17.6. The van der Waals surface area contributed by atoms with Crippen molar-refractivity contribution in [1.29, 1.82) is 0 Å². The van der Waals surface area contributed by atoms with Crippen molar-refractivity contribution in [1.82, 2.24) is 5.32 Å². The fourth-order valence-electron chi connectivity index (χ4n) is 3.25. The van der Waals surface area contributed by atoms with Crippen molar-refractivity contribution < 1.29 is 29.7 Å². The predicted octanol–water partition coefficient (Wildman–Crippen LogP) is -1.45. The lowest BCUT2D eigenvalue weighted by Crippen LogP contribution is -2.53. The number of carbonyl (C=O) groups excluding carboxylic acids is 2. The van der Waals surface area contributed by atoms with Crippen LogP contribution in [0.25, 0.3) is 0 Å². The van der Waals surface area contributed by atoms with E-state index in [4.69, 9.17) is 10.8 Å². The first-order valence-corrected chi connectivity index (χ1v) is 7.56. The van der Waals surface area contributed by atoms with E-state index in [-0.39, 0.29) is 11.7 Å². The van der Waals surface area contributed by atoms with Gasteiger partial charge in [-0.1, -0.05) is 6.08 Å². The van der Waals surface area contributed by atoms with E-state index in [0.717, 1.165) is 6.42 Å². The molecule has 0 radical (unpaired) electrons. The minimum atomic E-state index is -1.73. The van der Waals surface area contributed by atoms with Gasteiger partial charge in [-0.3, -0.25) is 9.59 Å². The van der Waals surface area contributed by atoms with E-state index >= 15 is 0 Å². The van der Waals surface area contributed by atoms with E-state index in [1.165, 1.54) is 6.08 Å². The predicted molar refractivity (Wildman–Crippen MR) is 79.2 cm³/mol. The fourth-order valence-corrected chi connectivity index (χ4v) is 3.25. The number of carboxylic acid groups (broad SMARTS) is 1. The SMILES string of the molecule is C[C@H](NC(=O)[C@H](N)C[C@H](O)C(=O)O)[C@H](O)[C@]12C[C@@H]1CC=CC2=O. The molecule has 1 fully saturated rings. The molecule has 6 atom stereocenters. The van der Waals surface area contributed by atoms with E-state index in [2.05, 4.69) is 5.32 Å². The molecule has 0 aromatic rings. The number of rotatable bonds is 7. The van der Waals surface area contributed by atoms with Gasteiger partial charge in [-0.15, -0.1) is 0 Å². The zero-order valence-electron chi connectivity index (χ0n) is 12.8. The third-order valence-electron chi connectivity index (χ3n) is 4.77. The Balaban J connectivity index is 1.92. The van der Waals surface area contributed by atoms with Crippen LogP contribution in [0, 0.1) is 11.3 Å². The number of hydrogen-bond acceptors (Lipinski definition) is 6. The maximum Gasteiger partial charge on any atom is 0.332 e. The third-order valence-corrected chi connectivity index (χ3v) is 4.77. The van der Waals surface area contributed by atoms with E-state index < -0.39 is 48.0 Å². The van der Waals surface area contributed by atoms with Crippen molar-refractivity contribution in [3.63, 3.8) is 0 Å². The Bertz CT molecular complexity index is 548. The maximum absolute atomic E-state index is 12.1. The van der Waals surface area contributed by atoms with Gasteiger partial charge in [-0.2, -0.15) is 0 Å². The van der Waals surface area contributed by atoms with Crippen molar-refractivity contribution in [3.8, 4) is 0 Å². The van der Waals surface area contributed by atoms with Crippen molar-refractivity contribution >= 4 is 17.7 Å². The molecule has 2 aliphatic rings. The Hall–Kier alpha value is -1.77. The van der Waals surface area contributed by atoms with Crippen molar-refractivity contribution in [2.75, 3.05) is 0 Å². The zero-order chi connectivity index (χ0) is 17.4. The molecule has 0 aromatic heterocycles. The molecule has 8 nitrogen and oxygen atoms in total. The normalized spacial score (nSPS) is 30.8. The minimum absolute atomic E-state index is 0.0943. The third kappa shape index (κ3) is 3.29. The Kier molecular flexibility index (Phi) is 4.88. The van der Waals surface area contributed by atoms with Crippen molar-refractivity contribution in [3.05, 3.63) is 12.2 Å². The number of hydrogen-bond donors (Lipinski definition) is 5. The molecule has 0 heterocycles. The van der Waals surface area contributed by atoms with Crippen LogP contribution in [-0.2, 0) is 14.4 Å². The summed E-state index contributed by atoms with van der Waals surface area (Å²) in [5, 5.41) is 30.8. The van der Waals surface area contributed by atoms with Crippen LogP contribution in [-0.4, -0.2) is 57.3 Å². The molecule has 6 N–H and O–H groups in total. The first-order valence-electron chi connectivity index (χ1n) is 7.56. The van der Waals surface area contributed by atoms with Gasteiger partial charge in [0, 0.05) is 6.42 Å². The molecule has 0 spiro atoms. The minimum Gasteiger partial charge on any atom is -0.479 e. The Labute approximate surface area is 133 Å². The summed E-state index contributed by atoms with van der Waals surface area (Å²) >= 11 is 0. The standard InChI is InChI=1S/C15H22N2O6/c1-7(17-13(21)9(16)5-10(18)14(22)23)12(20)15-6-8(15)3-2-4-11(15)19/h2,4,7-10,12,18,20H,3,5-6,16H2,1H3,(H,17,21)(H,22,23)/t7-,8-,9+,10-,12-,15+/m0/s1. The number of fused-ring (bicyclic) bond motifs is 1. The lowest BCUT2D eigenvalue weighted by Gasteiger charge is -2.29. The average Bonchev–Trinajstić information content (AvgIpc) is 3.23.